The van der Waals surface area contributed by atoms with E-state index in [2.05, 4.69) is 54.6 Å². The molecule has 0 aliphatic rings. The monoisotopic (exact) mass is 550 g/mol. The summed E-state index contributed by atoms with van der Waals surface area (Å²) in [6.07, 6.45) is 0. The predicted octanol–water partition coefficient (Wildman–Crippen LogP) is 12.0. The minimum Gasteiger partial charge on any atom is -0.456 e. The number of furan rings is 1. The number of hydrogen-bond donors (Lipinski definition) is 0. The van der Waals surface area contributed by atoms with Crippen LogP contribution in [0.5, 0.6) is 0 Å². The van der Waals surface area contributed by atoms with Crippen molar-refractivity contribution in [2.24, 2.45) is 0 Å². The molecule has 1 heterocycles. The van der Waals surface area contributed by atoms with Gasteiger partial charge in [0.25, 0.3) is 0 Å². The number of rotatable bonds is 3. The molecule has 1 nitrogen and oxygen atoms in total. The second-order valence-corrected chi connectivity index (χ2v) is 11.0. The van der Waals surface area contributed by atoms with E-state index in [0.717, 1.165) is 70.9 Å². The van der Waals surface area contributed by atoms with Gasteiger partial charge in [-0.1, -0.05) is 127 Å². The van der Waals surface area contributed by atoms with E-state index < -0.39 is 0 Å². The molecule has 0 saturated heterocycles. The Morgan fingerprint density at radius 2 is 0.953 bits per heavy atom. The highest BCUT2D eigenvalue weighted by molar-refractivity contribution is 6.22. The third-order valence-electron chi connectivity index (χ3n) is 8.50. The number of hydrogen-bond acceptors (Lipinski definition) is 1. The van der Waals surface area contributed by atoms with Crippen LogP contribution in [0.3, 0.4) is 0 Å². The topological polar surface area (TPSA) is 13.1 Å². The first-order chi connectivity index (χ1) is 23.0. The molecular formula is C42H26O. The van der Waals surface area contributed by atoms with E-state index >= 15 is 0 Å². The highest BCUT2D eigenvalue weighted by atomic mass is 16.3. The van der Waals surface area contributed by atoms with Crippen molar-refractivity contribution in [1.82, 2.24) is 0 Å². The Hall–Kier alpha value is -5.66. The lowest BCUT2D eigenvalue weighted by Crippen LogP contribution is -1.91. The fraction of sp³-hybridized carbons (Fsp3) is 0. The zero-order chi connectivity index (χ0) is 31.8. The average Bonchev–Trinajstić information content (AvgIpc) is 3.46. The van der Waals surface area contributed by atoms with Gasteiger partial charge in [0.15, 0.2) is 0 Å². The Morgan fingerprint density at radius 3 is 1.65 bits per heavy atom. The largest absolute Gasteiger partial charge is 0.456 e. The van der Waals surface area contributed by atoms with Crippen LogP contribution in [0.4, 0.5) is 0 Å². The molecular weight excluding hydrogens is 520 g/mol. The summed E-state index contributed by atoms with van der Waals surface area (Å²) in [7, 11) is 0. The smallest absolute Gasteiger partial charge is 0.136 e. The summed E-state index contributed by atoms with van der Waals surface area (Å²) in [5.74, 6) is 0. The molecule has 9 aromatic rings. The highest BCUT2D eigenvalue weighted by Gasteiger charge is 2.18. The molecule has 0 spiro atoms. The third kappa shape index (κ3) is 3.79. The third-order valence-corrected chi connectivity index (χ3v) is 8.50. The molecule has 0 radical (unpaired) electrons. The Kier molecular flexibility index (Phi) is 4.45. The molecule has 1 aromatic heterocycles. The molecule has 0 saturated carbocycles. The average molecular weight is 551 g/mol. The molecule has 1 heteroatoms. The second kappa shape index (κ2) is 9.44. The summed E-state index contributed by atoms with van der Waals surface area (Å²) in [6, 6.07) is 44.3. The maximum Gasteiger partial charge on any atom is 0.136 e. The fourth-order valence-electron chi connectivity index (χ4n) is 6.54. The second-order valence-electron chi connectivity index (χ2n) is 11.0. The van der Waals surface area contributed by atoms with Gasteiger partial charge in [-0.2, -0.15) is 0 Å². The van der Waals surface area contributed by atoms with Crippen molar-refractivity contribution >= 4 is 54.3 Å². The van der Waals surface area contributed by atoms with Crippen LogP contribution in [0, 0.1) is 0 Å². The normalized spacial score (nSPS) is 13.0. The van der Waals surface area contributed by atoms with Gasteiger partial charge < -0.3 is 4.42 Å². The quantitative estimate of drug-likeness (QED) is 0.199. The van der Waals surface area contributed by atoms with Crippen molar-refractivity contribution in [2.75, 3.05) is 0 Å². The molecule has 200 valence electrons. The Bertz CT molecular complexity index is 2670. The van der Waals surface area contributed by atoms with Gasteiger partial charge in [-0.3, -0.25) is 0 Å². The van der Waals surface area contributed by atoms with Gasteiger partial charge in [-0.15, -0.1) is 0 Å². The van der Waals surface area contributed by atoms with Crippen molar-refractivity contribution < 1.29 is 9.90 Å². The molecule has 0 atom stereocenters. The summed E-state index contributed by atoms with van der Waals surface area (Å²) in [5, 5.41) is 8.16. The van der Waals surface area contributed by atoms with Crippen LogP contribution in [0.15, 0.2) is 162 Å². The lowest BCUT2D eigenvalue weighted by molar-refractivity contribution is 0.669. The van der Waals surface area contributed by atoms with Crippen molar-refractivity contribution in [3.63, 3.8) is 0 Å². The van der Waals surface area contributed by atoms with Gasteiger partial charge >= 0.3 is 0 Å². The summed E-state index contributed by atoms with van der Waals surface area (Å²) in [5.41, 5.74) is 5.94. The minimum absolute atomic E-state index is 0.0868. The van der Waals surface area contributed by atoms with E-state index in [0.29, 0.717) is 16.7 Å². The molecule has 9 rings (SSSR count). The molecule has 0 bridgehead atoms. The van der Waals surface area contributed by atoms with Gasteiger partial charge in [-0.25, -0.2) is 0 Å². The fourth-order valence-corrected chi connectivity index (χ4v) is 6.54. The van der Waals surface area contributed by atoms with E-state index in [4.69, 9.17) is 8.53 Å². The molecule has 8 aromatic carbocycles. The van der Waals surface area contributed by atoms with Crippen LogP contribution in [0.2, 0.25) is 0 Å². The zero-order valence-corrected chi connectivity index (χ0v) is 23.1. The van der Waals surface area contributed by atoms with Crippen molar-refractivity contribution in [3.8, 4) is 33.4 Å². The maximum absolute atomic E-state index is 9.44. The van der Waals surface area contributed by atoms with Crippen LogP contribution in [0.1, 0.15) is 5.48 Å². The molecule has 0 unspecified atom stereocenters. The molecule has 0 amide bonds. The summed E-state index contributed by atoms with van der Waals surface area (Å²) in [4.78, 5) is 0. The van der Waals surface area contributed by atoms with E-state index in [9.17, 15) is 1.37 Å². The van der Waals surface area contributed by atoms with Crippen LogP contribution in [-0.2, 0) is 0 Å². The van der Waals surface area contributed by atoms with E-state index in [1.165, 1.54) is 0 Å². The van der Waals surface area contributed by atoms with Gasteiger partial charge in [-0.05, 0) is 96.0 Å². The SMILES string of the molecule is [2H]c1c([2H])c(-c2ccccc2)c([2H])c(-c2c3ccccc3c(-c3ccc4oc5cc6ccccc6cc5c4c3)c3ccccc23)c1[2H]. The van der Waals surface area contributed by atoms with Crippen LogP contribution in [-0.4, -0.2) is 0 Å². The highest BCUT2D eigenvalue weighted by Crippen LogP contribution is 2.45. The number of benzene rings is 8. The molecule has 0 aliphatic heterocycles. The Morgan fingerprint density at radius 1 is 0.395 bits per heavy atom. The van der Waals surface area contributed by atoms with E-state index in [1.807, 2.05) is 78.9 Å². The molecule has 0 aliphatic carbocycles. The van der Waals surface area contributed by atoms with Crippen molar-refractivity contribution in [3.05, 3.63) is 158 Å². The van der Waals surface area contributed by atoms with E-state index in [-0.39, 0.29) is 24.2 Å². The van der Waals surface area contributed by atoms with Gasteiger partial charge in [0.1, 0.15) is 11.2 Å². The molecule has 0 fully saturated rings. The van der Waals surface area contributed by atoms with Crippen LogP contribution >= 0.6 is 0 Å². The number of fused-ring (bicyclic) bond motifs is 6. The first-order valence-corrected chi connectivity index (χ1v) is 14.4. The minimum atomic E-state index is -0.183. The maximum atomic E-state index is 9.44. The summed E-state index contributed by atoms with van der Waals surface area (Å²) >= 11 is 0. The zero-order valence-electron chi connectivity index (χ0n) is 27.1. The van der Waals surface area contributed by atoms with E-state index in [1.54, 1.807) is 0 Å². The first kappa shape index (κ1) is 20.3. The first-order valence-electron chi connectivity index (χ1n) is 16.4. The van der Waals surface area contributed by atoms with Gasteiger partial charge in [0, 0.05) is 10.8 Å². The summed E-state index contributed by atoms with van der Waals surface area (Å²) in [6.45, 7) is 0. The molecule has 0 N–H and O–H groups in total. The van der Waals surface area contributed by atoms with Gasteiger partial charge in [0.05, 0.1) is 5.48 Å². The van der Waals surface area contributed by atoms with Crippen molar-refractivity contribution in [1.29, 1.82) is 0 Å². The van der Waals surface area contributed by atoms with Gasteiger partial charge in [0.2, 0.25) is 0 Å². The Balaban J connectivity index is 1.37. The van der Waals surface area contributed by atoms with Crippen LogP contribution < -0.4 is 0 Å². The standard InChI is InChI=1S/C42H26O/c1-2-11-27(12-3-1)28-15-10-16-31(23-28)41-33-17-6-8-19-35(33)42(36-20-9-7-18-34(36)41)32-21-22-39-37(25-32)38-24-29-13-4-5-14-30(29)26-40(38)43-39/h1-26H/i10D,15D,16D,23D. The molecule has 43 heavy (non-hydrogen) atoms. The van der Waals surface area contributed by atoms with Crippen molar-refractivity contribution in [2.45, 2.75) is 0 Å². The lowest BCUT2D eigenvalue weighted by Gasteiger charge is -2.18. The lowest BCUT2D eigenvalue weighted by atomic mass is 9.85. The summed E-state index contributed by atoms with van der Waals surface area (Å²) < 4.78 is 42.5. The Labute approximate surface area is 254 Å². The van der Waals surface area contributed by atoms with Crippen LogP contribution in [0.25, 0.3) is 87.6 Å². The predicted molar refractivity (Wildman–Crippen MR) is 183 cm³/mol.